The highest BCUT2D eigenvalue weighted by Crippen LogP contribution is 2.04. The molecule has 0 amide bonds. The number of diazo groups is 1. The van der Waals surface area contributed by atoms with Gasteiger partial charge in [-0.3, -0.25) is 0 Å². The molecule has 0 aliphatic carbocycles. The maximum Gasteiger partial charge on any atom is 0.448 e. The molecule has 1 rings (SSSR count). The molecule has 0 saturated carbocycles. The first-order chi connectivity index (χ1) is 4.33. The van der Waals surface area contributed by atoms with E-state index in [4.69, 9.17) is 5.39 Å². The fourth-order valence-corrected chi connectivity index (χ4v) is 0.502. The summed E-state index contributed by atoms with van der Waals surface area (Å²) in [7, 11) is 0. The van der Waals surface area contributed by atoms with Gasteiger partial charge in [0, 0.05) is 12.1 Å². The lowest BCUT2D eigenvalue weighted by molar-refractivity contribution is -0.604. The summed E-state index contributed by atoms with van der Waals surface area (Å²) in [5.74, 6) is 0. The molecule has 0 fully saturated rings. The molecule has 0 spiro atoms. The Labute approximate surface area is 63.7 Å². The van der Waals surface area contributed by atoms with Gasteiger partial charge in [0.15, 0.2) is 11.2 Å². The topological polar surface area (TPSA) is 55.1 Å². The summed E-state index contributed by atoms with van der Waals surface area (Å²) < 4.78 is 0.565. The van der Waals surface area contributed by atoms with Gasteiger partial charge in [0.25, 0.3) is 6.20 Å². The van der Waals surface area contributed by atoms with Crippen LogP contribution in [0, 0.1) is 10.6 Å². The summed E-state index contributed by atoms with van der Waals surface area (Å²) in [4.78, 5) is 2.81. The lowest BCUT2D eigenvalue weighted by Gasteiger charge is -1.86. The molecule has 10 heavy (non-hydrogen) atoms. The second-order valence-corrected chi connectivity index (χ2v) is 1.52. The van der Waals surface area contributed by atoms with Crippen LogP contribution in [0.15, 0.2) is 24.5 Å². The third-order valence-electron chi connectivity index (χ3n) is 0.875. The van der Waals surface area contributed by atoms with Crippen LogP contribution < -0.4 is 17.1 Å². The van der Waals surface area contributed by atoms with Crippen LogP contribution in [0.3, 0.4) is 0 Å². The number of rotatable bonds is 0. The van der Waals surface area contributed by atoms with E-state index in [0.29, 0.717) is 4.73 Å². The van der Waals surface area contributed by atoms with Crippen molar-refractivity contribution >= 4 is 5.69 Å². The van der Waals surface area contributed by atoms with Crippen molar-refractivity contribution in [1.29, 1.82) is 5.39 Å². The van der Waals surface area contributed by atoms with E-state index in [1.54, 1.807) is 0 Å². The van der Waals surface area contributed by atoms with E-state index in [2.05, 4.69) is 4.98 Å². The van der Waals surface area contributed by atoms with Gasteiger partial charge in [0.05, 0.1) is 0 Å². The van der Waals surface area contributed by atoms with E-state index in [0.717, 1.165) is 0 Å². The van der Waals surface area contributed by atoms with Crippen molar-refractivity contribution in [1.82, 2.24) is 0 Å². The Bertz CT molecular complexity index is 257. The third-order valence-corrected chi connectivity index (χ3v) is 0.875. The molecule has 0 saturated heterocycles. The van der Waals surface area contributed by atoms with Crippen molar-refractivity contribution < 1.29 is 17.1 Å². The molecule has 0 N–H and O–H groups in total. The molecule has 52 valence electrons. The summed E-state index contributed by atoms with van der Waals surface area (Å²) in [5.41, 5.74) is 0.257. The van der Waals surface area contributed by atoms with Crippen molar-refractivity contribution in [2.24, 2.45) is 0 Å². The largest absolute Gasteiger partial charge is 1.00 e. The number of hydrogen-bond donors (Lipinski definition) is 0. The molecule has 1 heterocycles. The Kier molecular flexibility index (Phi) is 3.15. The van der Waals surface area contributed by atoms with Gasteiger partial charge in [-0.2, -0.15) is 4.73 Å². The van der Waals surface area contributed by atoms with E-state index in [-0.39, 0.29) is 18.1 Å². The zero-order chi connectivity index (χ0) is 6.69. The van der Waals surface area contributed by atoms with Gasteiger partial charge in [0.1, 0.15) is 0 Å². The summed E-state index contributed by atoms with van der Waals surface area (Å²) in [6.45, 7) is 0. The Hall–Kier alpha value is -1.34. The zero-order valence-corrected chi connectivity index (χ0v) is 5.69. The Morgan fingerprint density at radius 2 is 2.30 bits per heavy atom. The Morgan fingerprint density at radius 3 is 2.70 bits per heavy atom. The van der Waals surface area contributed by atoms with Crippen LogP contribution >= 0.6 is 0 Å². The van der Waals surface area contributed by atoms with Crippen LogP contribution in [0.25, 0.3) is 4.98 Å². The highest BCUT2D eigenvalue weighted by Gasteiger charge is 2.05. The molecule has 0 radical (unpaired) electrons. The average Bonchev–Trinajstić information content (AvgIpc) is 1.88. The minimum Gasteiger partial charge on any atom is -1.00 e. The number of pyridine rings is 1. The predicted octanol–water partition coefficient (Wildman–Crippen LogP) is -2.19. The van der Waals surface area contributed by atoms with Crippen LogP contribution in [0.2, 0.25) is 0 Å². The Balaban J connectivity index is 0.000000810. The molecule has 0 atom stereocenters. The lowest BCUT2D eigenvalue weighted by Crippen LogP contribution is -3.00. The molecule has 1 aromatic heterocycles. The molecule has 0 unspecified atom stereocenters. The second kappa shape index (κ2) is 3.64. The minimum atomic E-state index is 0. The van der Waals surface area contributed by atoms with Gasteiger partial charge in [-0.05, 0) is 0 Å². The molecular weight excluding hydrogens is 154 g/mol. The summed E-state index contributed by atoms with van der Waals surface area (Å²) in [5, 5.41) is 18.5. The normalized spacial score (nSPS) is 7.50. The predicted molar refractivity (Wildman–Crippen MR) is 30.1 cm³/mol. The zero-order valence-electron chi connectivity index (χ0n) is 4.94. The highest BCUT2D eigenvalue weighted by atomic mass is 35.5. The smallest absolute Gasteiger partial charge is 0.448 e. The van der Waals surface area contributed by atoms with Gasteiger partial charge in [-0.1, -0.05) is 0 Å². The monoisotopic (exact) mass is 157 g/mol. The van der Waals surface area contributed by atoms with Crippen molar-refractivity contribution in [3.05, 3.63) is 34.7 Å². The fraction of sp³-hybridized carbons (Fsp3) is 0. The standard InChI is InChI=1S/C5H4N3O.ClH/c6-7-5-2-1-3-8(9)4-5;/h1-4H;1H/q+1;/p-1. The summed E-state index contributed by atoms with van der Waals surface area (Å²) in [6.07, 6.45) is 2.48. The molecule has 1 aromatic rings. The van der Waals surface area contributed by atoms with E-state index >= 15 is 0 Å². The van der Waals surface area contributed by atoms with E-state index in [1.807, 2.05) is 0 Å². The van der Waals surface area contributed by atoms with Crippen molar-refractivity contribution in [2.75, 3.05) is 0 Å². The maximum absolute atomic E-state index is 10.4. The van der Waals surface area contributed by atoms with E-state index < -0.39 is 0 Å². The Morgan fingerprint density at radius 1 is 1.60 bits per heavy atom. The molecule has 0 bridgehead atoms. The minimum absolute atomic E-state index is 0. The van der Waals surface area contributed by atoms with Crippen molar-refractivity contribution in [3.8, 4) is 0 Å². The first kappa shape index (κ1) is 8.66. The summed E-state index contributed by atoms with van der Waals surface area (Å²) >= 11 is 0. The molecule has 0 aliphatic heterocycles. The fourth-order valence-electron chi connectivity index (χ4n) is 0.502. The number of halogens is 1. The number of aromatic nitrogens is 1. The van der Waals surface area contributed by atoms with Crippen LogP contribution in [0.1, 0.15) is 0 Å². The van der Waals surface area contributed by atoms with Crippen LogP contribution in [0.5, 0.6) is 0 Å². The quantitative estimate of drug-likeness (QED) is 0.244. The van der Waals surface area contributed by atoms with Gasteiger partial charge in [-0.15, -0.1) is 0 Å². The molecule has 5 heteroatoms. The first-order valence-corrected chi connectivity index (χ1v) is 2.37. The van der Waals surface area contributed by atoms with E-state index in [1.165, 1.54) is 24.5 Å². The van der Waals surface area contributed by atoms with Crippen molar-refractivity contribution in [3.63, 3.8) is 0 Å². The molecule has 0 aromatic carbocycles. The van der Waals surface area contributed by atoms with E-state index in [9.17, 15) is 5.21 Å². The van der Waals surface area contributed by atoms with Crippen LogP contribution in [-0.4, -0.2) is 0 Å². The van der Waals surface area contributed by atoms with Gasteiger partial charge < -0.3 is 17.6 Å². The first-order valence-electron chi connectivity index (χ1n) is 2.37. The maximum atomic E-state index is 10.4. The molecular formula is C5H4ClN3O. The molecule has 0 aliphatic rings. The molecule has 4 nitrogen and oxygen atoms in total. The average molecular weight is 158 g/mol. The van der Waals surface area contributed by atoms with Gasteiger partial charge >= 0.3 is 5.69 Å². The number of hydrogen-bond acceptors (Lipinski definition) is 2. The SMILES string of the molecule is N#[N+]c1ccc[n+]([O-])c1.[Cl-]. The summed E-state index contributed by atoms with van der Waals surface area (Å²) in [6, 6.07) is 3.02. The van der Waals surface area contributed by atoms with Gasteiger partial charge in [-0.25, -0.2) is 0 Å². The second-order valence-electron chi connectivity index (χ2n) is 1.52. The van der Waals surface area contributed by atoms with Gasteiger partial charge in [0.2, 0.25) is 5.39 Å². The lowest BCUT2D eigenvalue weighted by atomic mass is 10.4. The van der Waals surface area contributed by atoms with Crippen molar-refractivity contribution in [2.45, 2.75) is 0 Å². The van der Waals surface area contributed by atoms with Crippen LogP contribution in [-0.2, 0) is 0 Å². The highest BCUT2D eigenvalue weighted by molar-refractivity contribution is 5.37. The van der Waals surface area contributed by atoms with Crippen LogP contribution in [0.4, 0.5) is 5.69 Å². The third kappa shape index (κ3) is 1.88. The number of nitrogens with zero attached hydrogens (tertiary/aromatic N) is 3.